The summed E-state index contributed by atoms with van der Waals surface area (Å²) in [5, 5.41) is 0. The summed E-state index contributed by atoms with van der Waals surface area (Å²) in [5.74, 6) is 0. The molecule has 1 aliphatic rings. The topological polar surface area (TPSA) is 18.5 Å². The molecule has 1 fully saturated rings. The van der Waals surface area contributed by atoms with Gasteiger partial charge in [-0.25, -0.2) is 0 Å². The van der Waals surface area contributed by atoms with E-state index in [4.69, 9.17) is 9.47 Å². The van der Waals surface area contributed by atoms with Crippen LogP contribution in [0.5, 0.6) is 0 Å². The molecule has 1 unspecified atom stereocenters. The zero-order chi connectivity index (χ0) is 9.57. The van der Waals surface area contributed by atoms with Gasteiger partial charge in [-0.15, -0.1) is 0 Å². The lowest BCUT2D eigenvalue weighted by molar-refractivity contribution is -0.285. The van der Waals surface area contributed by atoms with E-state index in [0.29, 0.717) is 0 Å². The highest BCUT2D eigenvalue weighted by Crippen LogP contribution is 2.36. The normalized spacial score (nSPS) is 39.5. The molecule has 0 aromatic heterocycles. The molecule has 0 aliphatic carbocycles. The van der Waals surface area contributed by atoms with Crippen molar-refractivity contribution in [2.45, 2.75) is 65.0 Å². The van der Waals surface area contributed by atoms with Crippen LogP contribution in [0.1, 0.15) is 41.5 Å². The number of rotatable bonds is 0. The Hall–Kier alpha value is -0.0800. The van der Waals surface area contributed by atoms with E-state index in [1.807, 2.05) is 0 Å². The molecule has 2 nitrogen and oxygen atoms in total. The van der Waals surface area contributed by atoms with E-state index in [1.165, 1.54) is 0 Å². The first-order valence-electron chi connectivity index (χ1n) is 4.62. The van der Waals surface area contributed by atoms with Gasteiger partial charge < -0.3 is 9.47 Å². The summed E-state index contributed by atoms with van der Waals surface area (Å²) < 4.78 is 11.8. The lowest BCUT2D eigenvalue weighted by Crippen LogP contribution is -2.59. The van der Waals surface area contributed by atoms with Crippen molar-refractivity contribution in [2.24, 2.45) is 0 Å². The maximum absolute atomic E-state index is 5.88. The van der Waals surface area contributed by atoms with Gasteiger partial charge in [0.05, 0.1) is 23.4 Å². The maximum atomic E-state index is 5.88. The maximum Gasteiger partial charge on any atom is 0.0914 e. The van der Waals surface area contributed by atoms with Crippen molar-refractivity contribution in [1.29, 1.82) is 0 Å². The molecule has 0 aromatic carbocycles. The highest BCUT2D eigenvalue weighted by Gasteiger charge is 2.46. The molecular formula is C10H20O2. The summed E-state index contributed by atoms with van der Waals surface area (Å²) in [5.41, 5.74) is -0.391. The Morgan fingerprint density at radius 1 is 0.750 bits per heavy atom. The fourth-order valence-corrected chi connectivity index (χ4v) is 1.40. The van der Waals surface area contributed by atoms with E-state index in [2.05, 4.69) is 41.5 Å². The lowest BCUT2D eigenvalue weighted by Gasteiger charge is -2.50. The molecule has 0 spiro atoms. The third-order valence-corrected chi connectivity index (χ3v) is 3.07. The molecule has 0 radical (unpaired) electrons. The smallest absolute Gasteiger partial charge is 0.0914 e. The Labute approximate surface area is 75.2 Å². The Morgan fingerprint density at radius 2 is 1.00 bits per heavy atom. The molecule has 1 aliphatic heterocycles. The standard InChI is InChI=1S/C10H20O2/c1-7-8(2)12-10(5,6)9(3,4)11-7/h7-8H,1-6H3/t7-,8?/m0/s1. The van der Waals surface area contributed by atoms with E-state index in [1.54, 1.807) is 0 Å². The molecule has 0 aromatic rings. The first kappa shape index (κ1) is 10.0. The van der Waals surface area contributed by atoms with Crippen LogP contribution in [-0.4, -0.2) is 23.4 Å². The molecule has 0 amide bonds. The van der Waals surface area contributed by atoms with Gasteiger partial charge in [-0.3, -0.25) is 0 Å². The zero-order valence-corrected chi connectivity index (χ0v) is 8.97. The fraction of sp³-hybridized carbons (Fsp3) is 1.00. The van der Waals surface area contributed by atoms with Crippen LogP contribution in [0.2, 0.25) is 0 Å². The quantitative estimate of drug-likeness (QED) is 0.558. The third-order valence-electron chi connectivity index (χ3n) is 3.07. The molecule has 2 atom stereocenters. The molecule has 0 saturated carbocycles. The van der Waals surface area contributed by atoms with Crippen molar-refractivity contribution in [3.63, 3.8) is 0 Å². The molecule has 72 valence electrons. The molecule has 1 heterocycles. The van der Waals surface area contributed by atoms with Gasteiger partial charge in [0, 0.05) is 0 Å². The number of ether oxygens (including phenoxy) is 2. The van der Waals surface area contributed by atoms with Crippen LogP contribution in [-0.2, 0) is 9.47 Å². The second-order valence-corrected chi connectivity index (χ2v) is 4.67. The van der Waals surface area contributed by atoms with Crippen molar-refractivity contribution in [3.8, 4) is 0 Å². The van der Waals surface area contributed by atoms with Crippen molar-refractivity contribution in [2.75, 3.05) is 0 Å². The summed E-state index contributed by atoms with van der Waals surface area (Å²) in [6, 6.07) is 0. The Morgan fingerprint density at radius 3 is 1.25 bits per heavy atom. The number of hydrogen-bond acceptors (Lipinski definition) is 2. The highest BCUT2D eigenvalue weighted by molar-refractivity contribution is 4.94. The van der Waals surface area contributed by atoms with Gasteiger partial charge in [-0.2, -0.15) is 0 Å². The van der Waals surface area contributed by atoms with Gasteiger partial charge in [0.2, 0.25) is 0 Å². The molecule has 2 heteroatoms. The SMILES string of the molecule is CC1OC(C)(C)C(C)(C)O[C@H]1C. The zero-order valence-electron chi connectivity index (χ0n) is 8.97. The van der Waals surface area contributed by atoms with E-state index in [-0.39, 0.29) is 23.4 Å². The Balaban J connectivity index is 2.80. The van der Waals surface area contributed by atoms with Crippen LogP contribution >= 0.6 is 0 Å². The summed E-state index contributed by atoms with van der Waals surface area (Å²) in [6.07, 6.45) is 0.376. The molecule has 1 saturated heterocycles. The van der Waals surface area contributed by atoms with Crippen LogP contribution in [0.3, 0.4) is 0 Å². The molecular weight excluding hydrogens is 152 g/mol. The van der Waals surface area contributed by atoms with E-state index >= 15 is 0 Å². The van der Waals surface area contributed by atoms with Crippen LogP contribution in [0.15, 0.2) is 0 Å². The van der Waals surface area contributed by atoms with Crippen molar-refractivity contribution in [3.05, 3.63) is 0 Å². The summed E-state index contributed by atoms with van der Waals surface area (Å²) >= 11 is 0. The average molecular weight is 172 g/mol. The van der Waals surface area contributed by atoms with Crippen LogP contribution in [0.4, 0.5) is 0 Å². The second kappa shape index (κ2) is 2.71. The van der Waals surface area contributed by atoms with Gasteiger partial charge in [0.15, 0.2) is 0 Å². The minimum atomic E-state index is -0.196. The summed E-state index contributed by atoms with van der Waals surface area (Å²) in [6.45, 7) is 12.4. The van der Waals surface area contributed by atoms with Crippen molar-refractivity contribution < 1.29 is 9.47 Å². The first-order chi connectivity index (χ1) is 5.26. The molecule has 0 N–H and O–H groups in total. The summed E-state index contributed by atoms with van der Waals surface area (Å²) in [7, 11) is 0. The minimum absolute atomic E-state index is 0.188. The lowest BCUT2D eigenvalue weighted by atomic mass is 9.87. The number of hydrogen-bond donors (Lipinski definition) is 0. The predicted molar refractivity (Wildman–Crippen MR) is 49.3 cm³/mol. The summed E-state index contributed by atoms with van der Waals surface area (Å²) in [4.78, 5) is 0. The van der Waals surface area contributed by atoms with Gasteiger partial charge in [0.1, 0.15) is 0 Å². The van der Waals surface area contributed by atoms with E-state index in [0.717, 1.165) is 0 Å². The van der Waals surface area contributed by atoms with Crippen molar-refractivity contribution >= 4 is 0 Å². The van der Waals surface area contributed by atoms with Gasteiger partial charge in [0.25, 0.3) is 0 Å². The van der Waals surface area contributed by atoms with Gasteiger partial charge >= 0.3 is 0 Å². The van der Waals surface area contributed by atoms with Crippen LogP contribution in [0, 0.1) is 0 Å². The minimum Gasteiger partial charge on any atom is -0.367 e. The average Bonchev–Trinajstić information content (AvgIpc) is 1.82. The van der Waals surface area contributed by atoms with Gasteiger partial charge in [-0.1, -0.05) is 0 Å². The van der Waals surface area contributed by atoms with Crippen LogP contribution < -0.4 is 0 Å². The third kappa shape index (κ3) is 1.50. The predicted octanol–water partition coefficient (Wildman–Crippen LogP) is 2.37. The van der Waals surface area contributed by atoms with E-state index < -0.39 is 0 Å². The van der Waals surface area contributed by atoms with Gasteiger partial charge in [-0.05, 0) is 41.5 Å². The van der Waals surface area contributed by atoms with E-state index in [9.17, 15) is 0 Å². The molecule has 12 heavy (non-hydrogen) atoms. The van der Waals surface area contributed by atoms with Crippen LogP contribution in [0.25, 0.3) is 0 Å². The van der Waals surface area contributed by atoms with Crippen molar-refractivity contribution in [1.82, 2.24) is 0 Å². The Kier molecular flexibility index (Phi) is 2.26. The second-order valence-electron chi connectivity index (χ2n) is 4.67. The molecule has 0 bridgehead atoms. The monoisotopic (exact) mass is 172 g/mol. The molecule has 1 rings (SSSR count). The highest BCUT2D eigenvalue weighted by atomic mass is 16.6. The fourth-order valence-electron chi connectivity index (χ4n) is 1.40. The Bertz CT molecular complexity index is 153. The largest absolute Gasteiger partial charge is 0.367 e. The first-order valence-corrected chi connectivity index (χ1v) is 4.62.